The average molecular weight is 252 g/mol. The number of aliphatic hydroxyl groups is 1. The molecule has 0 saturated heterocycles. The largest absolute Gasteiger partial charge is 0.491 e. The molecule has 1 aliphatic carbocycles. The maximum absolute atomic E-state index is 9.92. The fraction of sp³-hybridized carbons (Fsp3) is 0.462. The van der Waals surface area contributed by atoms with Gasteiger partial charge in [0.15, 0.2) is 5.75 Å². The molecule has 0 heterocycles. The van der Waals surface area contributed by atoms with Crippen LogP contribution in [0, 0.1) is 11.3 Å². The first-order chi connectivity index (χ1) is 8.19. The van der Waals surface area contributed by atoms with Gasteiger partial charge in [-0.15, -0.1) is 0 Å². The standard InChI is InChI=1S/C13H14ClNO2/c1-2-17-13-8(7-15)6-10-9(12(13)14)4-3-5-11(10)16/h6,11,16H,2-5H2,1H3. The summed E-state index contributed by atoms with van der Waals surface area (Å²) < 4.78 is 5.42. The maximum atomic E-state index is 9.92. The highest BCUT2D eigenvalue weighted by atomic mass is 35.5. The first-order valence-electron chi connectivity index (χ1n) is 5.75. The summed E-state index contributed by atoms with van der Waals surface area (Å²) in [4.78, 5) is 0. The highest BCUT2D eigenvalue weighted by Gasteiger charge is 2.24. The normalized spacial score (nSPS) is 18.4. The van der Waals surface area contributed by atoms with Crippen LogP contribution in [0.15, 0.2) is 6.07 Å². The highest BCUT2D eigenvalue weighted by molar-refractivity contribution is 6.33. The van der Waals surface area contributed by atoms with Crippen LogP contribution in [0.25, 0.3) is 0 Å². The molecule has 0 radical (unpaired) electrons. The van der Waals surface area contributed by atoms with E-state index in [4.69, 9.17) is 21.6 Å². The molecule has 0 fully saturated rings. The van der Waals surface area contributed by atoms with Gasteiger partial charge in [-0.25, -0.2) is 0 Å². The summed E-state index contributed by atoms with van der Waals surface area (Å²) >= 11 is 6.27. The zero-order chi connectivity index (χ0) is 12.4. The van der Waals surface area contributed by atoms with E-state index < -0.39 is 6.10 Å². The van der Waals surface area contributed by atoms with E-state index in [1.807, 2.05) is 6.92 Å². The van der Waals surface area contributed by atoms with Gasteiger partial charge in [0.05, 0.1) is 23.3 Å². The van der Waals surface area contributed by atoms with Gasteiger partial charge in [-0.1, -0.05) is 11.6 Å². The minimum Gasteiger partial charge on any atom is -0.491 e. The third-order valence-electron chi connectivity index (χ3n) is 3.03. The van der Waals surface area contributed by atoms with Crippen LogP contribution < -0.4 is 4.74 Å². The lowest BCUT2D eigenvalue weighted by Crippen LogP contribution is -2.11. The van der Waals surface area contributed by atoms with Crippen LogP contribution >= 0.6 is 11.6 Å². The number of hydrogen-bond acceptors (Lipinski definition) is 3. The number of nitrogens with zero attached hydrogens (tertiary/aromatic N) is 1. The molecule has 1 unspecified atom stereocenters. The van der Waals surface area contributed by atoms with Gasteiger partial charge in [-0.3, -0.25) is 0 Å². The number of nitriles is 1. The molecule has 1 aromatic carbocycles. The van der Waals surface area contributed by atoms with Crippen molar-refractivity contribution in [1.82, 2.24) is 0 Å². The maximum Gasteiger partial charge on any atom is 0.155 e. The fourth-order valence-corrected chi connectivity index (χ4v) is 2.60. The van der Waals surface area contributed by atoms with E-state index in [2.05, 4.69) is 6.07 Å². The van der Waals surface area contributed by atoms with Crippen molar-refractivity contribution in [2.45, 2.75) is 32.3 Å². The minimum absolute atomic E-state index is 0.400. The highest BCUT2D eigenvalue weighted by Crippen LogP contribution is 2.41. The van der Waals surface area contributed by atoms with Gasteiger partial charge < -0.3 is 9.84 Å². The quantitative estimate of drug-likeness (QED) is 0.879. The van der Waals surface area contributed by atoms with Gasteiger partial charge in [0.25, 0.3) is 0 Å². The van der Waals surface area contributed by atoms with Crippen LogP contribution in [0.3, 0.4) is 0 Å². The summed E-state index contributed by atoms with van der Waals surface area (Å²) in [6.45, 7) is 2.32. The smallest absolute Gasteiger partial charge is 0.155 e. The Hall–Kier alpha value is -1.24. The second-order valence-electron chi connectivity index (χ2n) is 4.09. The van der Waals surface area contributed by atoms with E-state index in [9.17, 15) is 5.11 Å². The van der Waals surface area contributed by atoms with Crippen LogP contribution in [0.2, 0.25) is 5.02 Å². The molecule has 17 heavy (non-hydrogen) atoms. The lowest BCUT2D eigenvalue weighted by molar-refractivity contribution is 0.156. The molecular formula is C13H14ClNO2. The lowest BCUT2D eigenvalue weighted by Gasteiger charge is -2.24. The fourth-order valence-electron chi connectivity index (χ4n) is 2.24. The number of aliphatic hydroxyl groups excluding tert-OH is 1. The Labute approximate surface area is 106 Å². The summed E-state index contributed by atoms with van der Waals surface area (Å²) in [6, 6.07) is 3.78. The van der Waals surface area contributed by atoms with E-state index in [1.54, 1.807) is 6.07 Å². The Kier molecular flexibility index (Phi) is 3.56. The minimum atomic E-state index is -0.515. The zero-order valence-corrected chi connectivity index (χ0v) is 10.4. The number of ether oxygens (including phenoxy) is 1. The van der Waals surface area contributed by atoms with Gasteiger partial charge in [0.1, 0.15) is 6.07 Å². The second-order valence-corrected chi connectivity index (χ2v) is 4.47. The van der Waals surface area contributed by atoms with Gasteiger partial charge in [0.2, 0.25) is 0 Å². The lowest BCUT2D eigenvalue weighted by atomic mass is 9.88. The van der Waals surface area contributed by atoms with E-state index in [1.165, 1.54) is 0 Å². The van der Waals surface area contributed by atoms with Crippen LogP contribution in [0.4, 0.5) is 0 Å². The van der Waals surface area contributed by atoms with E-state index in [0.717, 1.165) is 30.4 Å². The molecular weight excluding hydrogens is 238 g/mol. The molecule has 1 N–H and O–H groups in total. The van der Waals surface area contributed by atoms with Crippen LogP contribution in [-0.2, 0) is 6.42 Å². The zero-order valence-electron chi connectivity index (χ0n) is 9.66. The summed E-state index contributed by atoms with van der Waals surface area (Å²) in [5.74, 6) is 0.449. The summed E-state index contributed by atoms with van der Waals surface area (Å²) in [5.41, 5.74) is 2.10. The molecule has 0 spiro atoms. The molecule has 0 aliphatic heterocycles. The Morgan fingerprint density at radius 2 is 2.41 bits per heavy atom. The van der Waals surface area contributed by atoms with Crippen molar-refractivity contribution in [1.29, 1.82) is 5.26 Å². The third kappa shape index (κ3) is 2.11. The van der Waals surface area contributed by atoms with Crippen molar-refractivity contribution in [3.8, 4) is 11.8 Å². The number of halogens is 1. The number of fused-ring (bicyclic) bond motifs is 1. The van der Waals surface area contributed by atoms with E-state index >= 15 is 0 Å². The monoisotopic (exact) mass is 251 g/mol. The van der Waals surface area contributed by atoms with Crippen molar-refractivity contribution in [3.05, 3.63) is 27.8 Å². The Morgan fingerprint density at radius 1 is 1.65 bits per heavy atom. The molecule has 0 aromatic heterocycles. The molecule has 90 valence electrons. The molecule has 4 heteroatoms. The van der Waals surface area contributed by atoms with Crippen LogP contribution in [0.1, 0.15) is 42.6 Å². The Morgan fingerprint density at radius 3 is 3.06 bits per heavy atom. The van der Waals surface area contributed by atoms with Crippen LogP contribution in [0.5, 0.6) is 5.75 Å². The van der Waals surface area contributed by atoms with E-state index in [-0.39, 0.29) is 0 Å². The molecule has 1 atom stereocenters. The first-order valence-corrected chi connectivity index (χ1v) is 6.13. The van der Waals surface area contributed by atoms with Crippen molar-refractivity contribution < 1.29 is 9.84 Å². The predicted molar refractivity (Wildman–Crippen MR) is 65.2 cm³/mol. The molecule has 1 aromatic rings. The van der Waals surface area contributed by atoms with Gasteiger partial charge >= 0.3 is 0 Å². The van der Waals surface area contributed by atoms with Crippen molar-refractivity contribution in [3.63, 3.8) is 0 Å². The average Bonchev–Trinajstić information content (AvgIpc) is 2.33. The Balaban J connectivity index is 2.60. The van der Waals surface area contributed by atoms with Crippen LogP contribution in [-0.4, -0.2) is 11.7 Å². The Bertz CT molecular complexity index is 479. The van der Waals surface area contributed by atoms with Crippen molar-refractivity contribution in [2.75, 3.05) is 6.61 Å². The third-order valence-corrected chi connectivity index (χ3v) is 3.43. The molecule has 0 bridgehead atoms. The molecule has 0 saturated carbocycles. The van der Waals surface area contributed by atoms with Crippen molar-refractivity contribution >= 4 is 11.6 Å². The SMILES string of the molecule is CCOc1c(C#N)cc2c(c1Cl)CCCC2O. The van der Waals surface area contributed by atoms with Gasteiger partial charge in [-0.2, -0.15) is 5.26 Å². The number of rotatable bonds is 2. The first kappa shape index (κ1) is 12.2. The van der Waals surface area contributed by atoms with E-state index in [0.29, 0.717) is 22.9 Å². The number of benzene rings is 1. The second kappa shape index (κ2) is 4.95. The summed E-state index contributed by atoms with van der Waals surface area (Å²) in [7, 11) is 0. The number of hydrogen-bond donors (Lipinski definition) is 1. The van der Waals surface area contributed by atoms with Crippen molar-refractivity contribution in [2.24, 2.45) is 0 Å². The molecule has 2 rings (SSSR count). The topological polar surface area (TPSA) is 53.2 Å². The van der Waals surface area contributed by atoms with Gasteiger partial charge in [-0.05, 0) is 43.4 Å². The van der Waals surface area contributed by atoms with Gasteiger partial charge in [0, 0.05) is 0 Å². The predicted octanol–water partition coefficient (Wildman–Crippen LogP) is 2.98. The molecule has 1 aliphatic rings. The summed E-state index contributed by atoms with van der Waals surface area (Å²) in [5, 5.41) is 19.5. The molecule has 3 nitrogen and oxygen atoms in total. The molecule has 0 amide bonds. The summed E-state index contributed by atoms with van der Waals surface area (Å²) in [6.07, 6.45) is 1.95.